The summed E-state index contributed by atoms with van der Waals surface area (Å²) in [5, 5.41) is 7.29. The molecule has 0 spiro atoms. The van der Waals surface area contributed by atoms with Crippen molar-refractivity contribution in [2.24, 2.45) is 0 Å². The fourth-order valence-corrected chi connectivity index (χ4v) is 10.2. The summed E-state index contributed by atoms with van der Waals surface area (Å²) in [6.07, 6.45) is 3.51. The normalized spacial score (nSPS) is 21.2. The monoisotopic (exact) mass is 1040 g/mol. The highest BCUT2D eigenvalue weighted by Crippen LogP contribution is 2.44. The standard InChI is InChI=1S/C42H46I2N8O8/c1-20-6-11-32(51(20)39(53)30(19-57-3)48-41(55)58-4)38-46-28-10-8-22-15-27-25-9-7-23(14-24(25)18-60-33(27)16-26(22)36(28)49-38)29-17-45-37(47-29)31-12-13-34(44)52(31)40(54)35(21(2)43)50-42(56)59-5/h7-10,14-17,20-21,30-32,34-35H,6,11-13,18-19H2,1-5H3,(H,45,47)(H,46,49)(H,48,55)(H,50,56)/t20-,21?,30-,31-,32-,34+,35-/m0/s1. The van der Waals surface area contributed by atoms with Crippen LogP contribution in [0, 0.1) is 0 Å². The number of alkyl halides is 2. The maximum absolute atomic E-state index is 13.8. The Hall–Kier alpha value is -4.70. The number of rotatable bonds is 10. The minimum atomic E-state index is -0.902. The van der Waals surface area contributed by atoms with Crippen LogP contribution in [-0.2, 0) is 30.4 Å². The van der Waals surface area contributed by atoms with Crippen molar-refractivity contribution in [3.05, 3.63) is 65.9 Å². The molecule has 3 aromatic carbocycles. The summed E-state index contributed by atoms with van der Waals surface area (Å²) in [5.41, 5.74) is 6.50. The van der Waals surface area contributed by atoms with Crippen LogP contribution in [0.2, 0.25) is 0 Å². The number of alkyl carbamates (subject to hydrolysis) is 2. The summed E-state index contributed by atoms with van der Waals surface area (Å²) >= 11 is 4.44. The maximum Gasteiger partial charge on any atom is 0.407 e. The van der Waals surface area contributed by atoms with E-state index in [0.717, 1.165) is 74.8 Å². The van der Waals surface area contributed by atoms with E-state index in [9.17, 15) is 19.2 Å². The quantitative estimate of drug-likeness (QED) is 0.0640. The number of hydrogen-bond donors (Lipinski definition) is 4. The Morgan fingerprint density at radius 3 is 2.40 bits per heavy atom. The van der Waals surface area contributed by atoms with Crippen LogP contribution >= 0.6 is 45.2 Å². The summed E-state index contributed by atoms with van der Waals surface area (Å²) in [6.45, 7) is 4.27. The number of imidazole rings is 2. The van der Waals surface area contributed by atoms with Gasteiger partial charge in [0.25, 0.3) is 0 Å². The van der Waals surface area contributed by atoms with Gasteiger partial charge >= 0.3 is 12.2 Å². The number of aromatic amines is 2. The van der Waals surface area contributed by atoms with E-state index in [1.54, 1.807) is 11.1 Å². The van der Waals surface area contributed by atoms with Crippen molar-refractivity contribution in [3.8, 4) is 28.1 Å². The van der Waals surface area contributed by atoms with Gasteiger partial charge < -0.3 is 49.3 Å². The summed E-state index contributed by atoms with van der Waals surface area (Å²) < 4.78 is 21.0. The Morgan fingerprint density at radius 1 is 0.900 bits per heavy atom. The first-order valence-corrected chi connectivity index (χ1v) is 22.3. The highest BCUT2D eigenvalue weighted by atomic mass is 127. The van der Waals surface area contributed by atoms with Crippen LogP contribution in [0.25, 0.3) is 44.2 Å². The summed E-state index contributed by atoms with van der Waals surface area (Å²) in [4.78, 5) is 72.2. The van der Waals surface area contributed by atoms with Crippen LogP contribution in [0.15, 0.2) is 48.7 Å². The fourth-order valence-electron chi connectivity index (χ4n) is 8.69. The molecule has 5 heterocycles. The molecule has 60 heavy (non-hydrogen) atoms. The number of carbonyl (C=O) groups excluding carboxylic acids is 4. The van der Waals surface area contributed by atoms with Gasteiger partial charge in [0.05, 0.1) is 59.9 Å². The topological polar surface area (TPSA) is 193 Å². The largest absolute Gasteiger partial charge is 0.488 e. The van der Waals surface area contributed by atoms with Gasteiger partial charge in [-0.1, -0.05) is 70.3 Å². The second-order valence-corrected chi connectivity index (χ2v) is 18.8. The highest BCUT2D eigenvalue weighted by Gasteiger charge is 2.43. The van der Waals surface area contributed by atoms with E-state index >= 15 is 0 Å². The minimum absolute atomic E-state index is 0.00875. The number of likely N-dealkylation sites (tertiary alicyclic amines) is 2. The number of nitrogens with one attached hydrogen (secondary N) is 4. The number of nitrogens with zero attached hydrogens (tertiary/aromatic N) is 4. The molecule has 0 bridgehead atoms. The van der Waals surface area contributed by atoms with Crippen LogP contribution in [0.3, 0.4) is 0 Å². The average molecular weight is 1040 g/mol. The molecule has 0 saturated carbocycles. The molecular formula is C42H46I2N8O8. The van der Waals surface area contributed by atoms with Crippen LogP contribution in [-0.4, -0.2) is 108 Å². The molecule has 1 unspecified atom stereocenters. The fraction of sp³-hybridized carbons (Fsp3) is 0.429. The van der Waals surface area contributed by atoms with Crippen molar-refractivity contribution in [1.29, 1.82) is 0 Å². The van der Waals surface area contributed by atoms with Gasteiger partial charge in [-0.25, -0.2) is 19.6 Å². The Balaban J connectivity index is 1.04. The molecule has 0 aliphatic carbocycles. The Bertz CT molecular complexity index is 2470. The number of fused-ring (bicyclic) bond motifs is 6. The summed E-state index contributed by atoms with van der Waals surface area (Å²) in [7, 11) is 4.03. The lowest BCUT2D eigenvalue weighted by atomic mass is 9.92. The predicted molar refractivity (Wildman–Crippen MR) is 240 cm³/mol. The molecule has 4 amide bonds. The second kappa shape index (κ2) is 17.3. The van der Waals surface area contributed by atoms with Gasteiger partial charge in [-0.3, -0.25) is 9.59 Å². The molecule has 7 atom stereocenters. The van der Waals surface area contributed by atoms with Crippen LogP contribution in [0.1, 0.15) is 68.8 Å². The molecule has 316 valence electrons. The molecule has 2 aromatic heterocycles. The number of carbonyl (C=O) groups is 4. The van der Waals surface area contributed by atoms with Crippen molar-refractivity contribution in [1.82, 2.24) is 40.4 Å². The highest BCUT2D eigenvalue weighted by molar-refractivity contribution is 14.1. The first-order chi connectivity index (χ1) is 28.9. The van der Waals surface area contributed by atoms with Crippen LogP contribution in [0.5, 0.6) is 5.75 Å². The minimum Gasteiger partial charge on any atom is -0.488 e. The van der Waals surface area contributed by atoms with Crippen molar-refractivity contribution < 1.29 is 38.1 Å². The lowest BCUT2D eigenvalue weighted by molar-refractivity contribution is -0.137. The number of ether oxygens (including phenoxy) is 4. The molecule has 0 radical (unpaired) electrons. The van der Waals surface area contributed by atoms with Gasteiger partial charge in [0.1, 0.15) is 36.1 Å². The van der Waals surface area contributed by atoms with Gasteiger partial charge in [0.2, 0.25) is 11.8 Å². The average Bonchev–Trinajstić information content (AvgIpc) is 4.07. The lowest BCUT2D eigenvalue weighted by Crippen LogP contribution is -2.53. The smallest absolute Gasteiger partial charge is 0.407 e. The van der Waals surface area contributed by atoms with Crippen molar-refractivity contribution in [2.45, 2.75) is 84.3 Å². The van der Waals surface area contributed by atoms with Crippen molar-refractivity contribution in [2.75, 3.05) is 27.9 Å². The Kier molecular flexibility index (Phi) is 12.1. The van der Waals surface area contributed by atoms with E-state index in [-0.39, 0.29) is 44.5 Å². The maximum atomic E-state index is 13.8. The SMILES string of the molecule is COC[C@H](NC(=O)OC)C(=O)N1[C@@H](C)CC[C@H]1c1nc2ccc3cc4c(cc3c2[nH]1)OCc1cc(-c2cnc([C@@H]3CC[C@H](I)N3C(=O)[C@@H](NC(=O)OC)C(C)I)[nH]2)ccc1-4. The van der Waals surface area contributed by atoms with Gasteiger partial charge in [0, 0.05) is 28.0 Å². The Morgan fingerprint density at radius 2 is 1.65 bits per heavy atom. The van der Waals surface area contributed by atoms with E-state index in [0.29, 0.717) is 24.7 Å². The molecule has 4 N–H and O–H groups in total. The van der Waals surface area contributed by atoms with Crippen molar-refractivity contribution in [3.63, 3.8) is 0 Å². The first kappa shape index (κ1) is 42.0. The van der Waals surface area contributed by atoms with Gasteiger partial charge in [-0.05, 0) is 78.9 Å². The molecule has 2 fully saturated rings. The van der Waals surface area contributed by atoms with Crippen LogP contribution < -0.4 is 15.4 Å². The molecule has 3 aliphatic rings. The third-order valence-corrected chi connectivity index (χ3v) is 13.6. The number of benzene rings is 3. The second-order valence-electron chi connectivity index (χ2n) is 15.4. The number of hydrogen-bond acceptors (Lipinski definition) is 10. The molecular weight excluding hydrogens is 998 g/mol. The van der Waals surface area contributed by atoms with Crippen LogP contribution in [0.4, 0.5) is 9.59 Å². The summed E-state index contributed by atoms with van der Waals surface area (Å²) in [5.74, 6) is 1.71. The van der Waals surface area contributed by atoms with E-state index in [4.69, 9.17) is 28.9 Å². The number of halogens is 2. The van der Waals surface area contributed by atoms with E-state index in [1.165, 1.54) is 21.3 Å². The number of aromatic nitrogens is 4. The zero-order chi connectivity index (χ0) is 42.4. The van der Waals surface area contributed by atoms with Gasteiger partial charge in [-0.2, -0.15) is 0 Å². The zero-order valence-electron chi connectivity index (χ0n) is 33.7. The lowest BCUT2D eigenvalue weighted by Gasteiger charge is -2.31. The third-order valence-electron chi connectivity index (χ3n) is 11.7. The van der Waals surface area contributed by atoms with Gasteiger partial charge in [-0.15, -0.1) is 0 Å². The van der Waals surface area contributed by atoms with E-state index in [1.807, 2.05) is 24.8 Å². The zero-order valence-corrected chi connectivity index (χ0v) is 38.0. The first-order valence-electron chi connectivity index (χ1n) is 19.8. The molecule has 18 heteroatoms. The predicted octanol–water partition coefficient (Wildman–Crippen LogP) is 7.06. The molecule has 3 aliphatic heterocycles. The molecule has 5 aromatic rings. The number of H-pyrrole nitrogens is 2. The number of methoxy groups -OCH3 is 3. The Labute approximate surface area is 373 Å². The molecule has 8 rings (SSSR count). The third kappa shape index (κ3) is 7.85. The summed E-state index contributed by atoms with van der Waals surface area (Å²) in [6, 6.07) is 12.2. The van der Waals surface area contributed by atoms with Gasteiger partial charge in [0.15, 0.2) is 0 Å². The van der Waals surface area contributed by atoms with E-state index < -0.39 is 24.3 Å². The molecule has 2 saturated heterocycles. The molecule has 16 nitrogen and oxygen atoms in total. The number of amides is 4. The van der Waals surface area contributed by atoms with E-state index in [2.05, 4.69) is 102 Å². The van der Waals surface area contributed by atoms with Crippen molar-refractivity contribution >= 4 is 91.0 Å².